The van der Waals surface area contributed by atoms with Crippen LogP contribution in [0.5, 0.6) is 5.75 Å². The molecule has 1 aromatic rings. The minimum atomic E-state index is 0.377. The Morgan fingerprint density at radius 1 is 1.44 bits per heavy atom. The van der Waals surface area contributed by atoms with Gasteiger partial charge in [-0.25, -0.2) is 0 Å². The van der Waals surface area contributed by atoms with Crippen LogP contribution >= 0.6 is 11.6 Å². The molecule has 16 heavy (non-hydrogen) atoms. The molecule has 1 aliphatic heterocycles. The lowest BCUT2D eigenvalue weighted by atomic mass is 9.98. The van der Waals surface area contributed by atoms with E-state index in [1.165, 1.54) is 5.56 Å². The predicted octanol–water partition coefficient (Wildman–Crippen LogP) is 3.33. The minimum Gasteiger partial charge on any atom is -0.496 e. The molecule has 1 fully saturated rings. The van der Waals surface area contributed by atoms with Gasteiger partial charge in [-0.2, -0.15) is 0 Å². The van der Waals surface area contributed by atoms with Crippen molar-refractivity contribution in [3.8, 4) is 5.75 Å². The summed E-state index contributed by atoms with van der Waals surface area (Å²) in [6.07, 6.45) is 1.15. The van der Waals surface area contributed by atoms with E-state index in [0.717, 1.165) is 29.3 Å². The van der Waals surface area contributed by atoms with Crippen molar-refractivity contribution in [1.29, 1.82) is 0 Å². The smallest absolute Gasteiger partial charge is 0.126 e. The zero-order valence-corrected chi connectivity index (χ0v) is 10.8. The summed E-state index contributed by atoms with van der Waals surface area (Å²) in [5.74, 6) is 1.69. The molecule has 0 bridgehead atoms. The van der Waals surface area contributed by atoms with Crippen LogP contribution in [0, 0.1) is 12.8 Å². The van der Waals surface area contributed by atoms with Crippen molar-refractivity contribution in [2.24, 2.45) is 5.92 Å². The van der Waals surface area contributed by atoms with E-state index in [-0.39, 0.29) is 0 Å². The summed E-state index contributed by atoms with van der Waals surface area (Å²) >= 11 is 6.11. The van der Waals surface area contributed by atoms with Crippen molar-refractivity contribution in [2.45, 2.75) is 26.3 Å². The number of benzene rings is 1. The SMILES string of the molecule is COc1c(C)cc(Cl)cc1[C@H]1C[C@@H](C)CN1. The van der Waals surface area contributed by atoms with Gasteiger partial charge in [0.2, 0.25) is 0 Å². The second-order valence-corrected chi connectivity index (χ2v) is 5.08. The average molecular weight is 240 g/mol. The number of nitrogens with one attached hydrogen (secondary N) is 1. The number of halogens is 1. The van der Waals surface area contributed by atoms with Gasteiger partial charge < -0.3 is 10.1 Å². The molecule has 0 radical (unpaired) electrons. The minimum absolute atomic E-state index is 0.377. The van der Waals surface area contributed by atoms with Crippen LogP contribution in [0.25, 0.3) is 0 Å². The van der Waals surface area contributed by atoms with Crippen LogP contribution in [0.15, 0.2) is 12.1 Å². The largest absolute Gasteiger partial charge is 0.496 e. The third kappa shape index (κ3) is 2.18. The molecule has 0 amide bonds. The lowest BCUT2D eigenvalue weighted by Crippen LogP contribution is -2.14. The van der Waals surface area contributed by atoms with Crippen LogP contribution < -0.4 is 10.1 Å². The van der Waals surface area contributed by atoms with Crippen LogP contribution in [-0.4, -0.2) is 13.7 Å². The van der Waals surface area contributed by atoms with Gasteiger partial charge in [-0.15, -0.1) is 0 Å². The van der Waals surface area contributed by atoms with Gasteiger partial charge in [-0.3, -0.25) is 0 Å². The molecule has 0 saturated carbocycles. The molecule has 0 spiro atoms. The van der Waals surface area contributed by atoms with Gasteiger partial charge in [0.1, 0.15) is 5.75 Å². The summed E-state index contributed by atoms with van der Waals surface area (Å²) in [6, 6.07) is 4.34. The second kappa shape index (κ2) is 4.64. The second-order valence-electron chi connectivity index (χ2n) is 4.65. The highest BCUT2D eigenvalue weighted by Gasteiger charge is 2.25. The molecule has 2 atom stereocenters. The summed E-state index contributed by atoms with van der Waals surface area (Å²) in [6.45, 7) is 5.36. The zero-order valence-electron chi connectivity index (χ0n) is 10.0. The Balaban J connectivity index is 2.38. The number of rotatable bonds is 2. The Morgan fingerprint density at radius 3 is 2.75 bits per heavy atom. The van der Waals surface area contributed by atoms with Gasteiger partial charge in [-0.1, -0.05) is 18.5 Å². The van der Waals surface area contributed by atoms with Crippen molar-refractivity contribution in [1.82, 2.24) is 5.32 Å². The van der Waals surface area contributed by atoms with Crippen molar-refractivity contribution < 1.29 is 4.74 Å². The molecule has 1 aromatic carbocycles. The third-order valence-corrected chi connectivity index (χ3v) is 3.42. The first-order chi connectivity index (χ1) is 7.61. The normalized spacial score (nSPS) is 24.8. The highest BCUT2D eigenvalue weighted by Crippen LogP contribution is 2.36. The van der Waals surface area contributed by atoms with E-state index in [4.69, 9.17) is 16.3 Å². The molecule has 0 aromatic heterocycles. The van der Waals surface area contributed by atoms with E-state index < -0.39 is 0 Å². The first-order valence-corrected chi connectivity index (χ1v) is 6.07. The Hall–Kier alpha value is -0.730. The summed E-state index contributed by atoms with van der Waals surface area (Å²) in [4.78, 5) is 0. The van der Waals surface area contributed by atoms with Crippen molar-refractivity contribution in [3.63, 3.8) is 0 Å². The third-order valence-electron chi connectivity index (χ3n) is 3.20. The van der Waals surface area contributed by atoms with Crippen LogP contribution in [0.2, 0.25) is 5.02 Å². The monoisotopic (exact) mass is 239 g/mol. The quantitative estimate of drug-likeness (QED) is 0.855. The molecule has 0 unspecified atom stereocenters. The van der Waals surface area contributed by atoms with E-state index in [0.29, 0.717) is 12.0 Å². The fourth-order valence-corrected chi connectivity index (χ4v) is 2.72. The molecule has 1 saturated heterocycles. The van der Waals surface area contributed by atoms with Crippen molar-refractivity contribution >= 4 is 11.6 Å². The van der Waals surface area contributed by atoms with E-state index in [9.17, 15) is 0 Å². The van der Waals surface area contributed by atoms with E-state index in [1.54, 1.807) is 7.11 Å². The Kier molecular flexibility index (Phi) is 3.41. The number of hydrogen-bond acceptors (Lipinski definition) is 2. The number of hydrogen-bond donors (Lipinski definition) is 1. The lowest BCUT2D eigenvalue weighted by molar-refractivity contribution is 0.399. The van der Waals surface area contributed by atoms with Gasteiger partial charge in [-0.05, 0) is 43.5 Å². The van der Waals surface area contributed by atoms with Crippen LogP contribution in [0.3, 0.4) is 0 Å². The maximum absolute atomic E-state index is 6.11. The first-order valence-electron chi connectivity index (χ1n) is 5.69. The molecular formula is C13H18ClNO. The zero-order chi connectivity index (χ0) is 11.7. The molecule has 2 rings (SSSR count). The number of methoxy groups -OCH3 is 1. The standard InChI is InChI=1S/C13H18ClNO/c1-8-4-12(15-7-8)11-6-10(14)5-9(2)13(11)16-3/h5-6,8,12,15H,4,7H2,1-3H3/t8-,12-/m1/s1. The summed E-state index contributed by atoms with van der Waals surface area (Å²) in [5.41, 5.74) is 2.29. The molecule has 1 heterocycles. The Labute approximate surface area is 102 Å². The first kappa shape index (κ1) is 11.7. The van der Waals surface area contributed by atoms with Crippen molar-refractivity contribution in [2.75, 3.05) is 13.7 Å². The van der Waals surface area contributed by atoms with Crippen molar-refractivity contribution in [3.05, 3.63) is 28.3 Å². The average Bonchev–Trinajstić information content (AvgIpc) is 2.63. The molecule has 2 nitrogen and oxygen atoms in total. The number of aryl methyl sites for hydroxylation is 1. The van der Waals surface area contributed by atoms with Gasteiger partial charge in [0.25, 0.3) is 0 Å². The predicted molar refractivity (Wildman–Crippen MR) is 67.3 cm³/mol. The van der Waals surface area contributed by atoms with Gasteiger partial charge in [0, 0.05) is 16.6 Å². The lowest BCUT2D eigenvalue weighted by Gasteiger charge is -2.17. The topological polar surface area (TPSA) is 21.3 Å². The van der Waals surface area contributed by atoms with E-state index in [2.05, 4.69) is 12.2 Å². The molecular weight excluding hydrogens is 222 g/mol. The van der Waals surface area contributed by atoms with Crippen LogP contribution in [0.1, 0.15) is 30.5 Å². The molecule has 0 aliphatic carbocycles. The summed E-state index contributed by atoms with van der Waals surface area (Å²) in [7, 11) is 1.72. The molecule has 3 heteroatoms. The van der Waals surface area contributed by atoms with Gasteiger partial charge in [0.15, 0.2) is 0 Å². The van der Waals surface area contributed by atoms with E-state index in [1.807, 2.05) is 19.1 Å². The highest BCUT2D eigenvalue weighted by molar-refractivity contribution is 6.30. The maximum Gasteiger partial charge on any atom is 0.126 e. The summed E-state index contributed by atoms with van der Waals surface area (Å²) < 4.78 is 5.48. The maximum atomic E-state index is 6.11. The fraction of sp³-hybridized carbons (Fsp3) is 0.538. The molecule has 88 valence electrons. The van der Waals surface area contributed by atoms with Crippen LogP contribution in [0.4, 0.5) is 0 Å². The number of ether oxygens (including phenoxy) is 1. The highest BCUT2D eigenvalue weighted by atomic mass is 35.5. The van der Waals surface area contributed by atoms with Gasteiger partial charge >= 0.3 is 0 Å². The fourth-order valence-electron chi connectivity index (χ4n) is 2.44. The Morgan fingerprint density at radius 2 is 2.19 bits per heavy atom. The van der Waals surface area contributed by atoms with Crippen LogP contribution in [-0.2, 0) is 0 Å². The molecule has 1 N–H and O–H groups in total. The molecule has 1 aliphatic rings. The van der Waals surface area contributed by atoms with E-state index >= 15 is 0 Å². The van der Waals surface area contributed by atoms with Gasteiger partial charge in [0.05, 0.1) is 7.11 Å². The summed E-state index contributed by atoms with van der Waals surface area (Å²) in [5, 5.41) is 4.30. The Bertz CT molecular complexity index is 392.